The molecule has 2 aliphatic rings. The third-order valence-corrected chi connectivity index (χ3v) is 7.55. The molecule has 1 aliphatic heterocycles. The van der Waals surface area contributed by atoms with Gasteiger partial charge in [-0.25, -0.2) is 0 Å². The summed E-state index contributed by atoms with van der Waals surface area (Å²) in [7, 11) is 0. The van der Waals surface area contributed by atoms with Crippen molar-refractivity contribution in [1.29, 1.82) is 0 Å². The molecule has 1 saturated heterocycles. The van der Waals surface area contributed by atoms with Crippen molar-refractivity contribution in [3.63, 3.8) is 0 Å². The van der Waals surface area contributed by atoms with Gasteiger partial charge in [0.05, 0.1) is 17.8 Å². The average Bonchev–Trinajstić information content (AvgIpc) is 3.31. The molecule has 1 aromatic carbocycles. The van der Waals surface area contributed by atoms with Crippen molar-refractivity contribution in [1.82, 2.24) is 14.9 Å². The van der Waals surface area contributed by atoms with Gasteiger partial charge in [-0.3, -0.25) is 4.98 Å². The van der Waals surface area contributed by atoms with Gasteiger partial charge in [0.15, 0.2) is 5.11 Å². The van der Waals surface area contributed by atoms with Gasteiger partial charge in [0.25, 0.3) is 0 Å². The Morgan fingerprint density at radius 3 is 2.47 bits per heavy atom. The monoisotopic (exact) mass is 464 g/mol. The summed E-state index contributed by atoms with van der Waals surface area (Å²) in [6.07, 6.45) is 8.38. The van der Waals surface area contributed by atoms with E-state index in [0.717, 1.165) is 21.5 Å². The topological polar surface area (TPSA) is 33.1 Å². The Hall–Kier alpha value is -2.37. The predicted molar refractivity (Wildman–Crippen MR) is 135 cm³/mol. The zero-order valence-electron chi connectivity index (χ0n) is 18.6. The summed E-state index contributed by atoms with van der Waals surface area (Å²) in [5, 5.41) is 5.01. The van der Waals surface area contributed by atoms with E-state index < -0.39 is 0 Å². The van der Waals surface area contributed by atoms with E-state index in [2.05, 4.69) is 45.7 Å². The molecule has 3 heterocycles. The summed E-state index contributed by atoms with van der Waals surface area (Å²) in [4.78, 5) is 6.92. The van der Waals surface area contributed by atoms with Crippen LogP contribution in [0.15, 0.2) is 54.7 Å². The van der Waals surface area contributed by atoms with E-state index in [1.54, 1.807) is 0 Å². The molecule has 2 aromatic heterocycles. The molecule has 1 N–H and O–H groups in total. The average molecular weight is 465 g/mol. The van der Waals surface area contributed by atoms with Crippen LogP contribution in [0.4, 0.5) is 5.69 Å². The number of nitrogens with one attached hydrogen (secondary N) is 1. The van der Waals surface area contributed by atoms with Gasteiger partial charge < -0.3 is 14.8 Å². The van der Waals surface area contributed by atoms with Crippen LogP contribution in [0, 0.1) is 13.8 Å². The number of aromatic nitrogens is 2. The first-order valence-corrected chi connectivity index (χ1v) is 12.3. The number of nitrogens with zero attached hydrogens (tertiary/aromatic N) is 3. The van der Waals surface area contributed by atoms with Crippen molar-refractivity contribution < 1.29 is 0 Å². The number of benzene rings is 1. The van der Waals surface area contributed by atoms with E-state index in [4.69, 9.17) is 23.8 Å². The Kier molecular flexibility index (Phi) is 5.95. The maximum Gasteiger partial charge on any atom is 0.174 e. The second-order valence-corrected chi connectivity index (χ2v) is 9.78. The smallest absolute Gasteiger partial charge is 0.174 e. The van der Waals surface area contributed by atoms with Crippen molar-refractivity contribution in [3.8, 4) is 0 Å². The minimum Gasteiger partial charge on any atom is -0.351 e. The molecule has 6 heteroatoms. The van der Waals surface area contributed by atoms with Crippen LogP contribution in [0.3, 0.4) is 0 Å². The molecule has 0 spiro atoms. The minimum atomic E-state index is -0.0281. The number of pyridine rings is 1. The normalized spacial score (nSPS) is 21.7. The molecule has 5 rings (SSSR count). The molecule has 32 heavy (non-hydrogen) atoms. The molecule has 0 amide bonds. The number of anilines is 1. The lowest BCUT2D eigenvalue weighted by molar-refractivity contribution is 0.345. The fourth-order valence-electron chi connectivity index (χ4n) is 5.55. The molecule has 1 saturated carbocycles. The maximum absolute atomic E-state index is 6.19. The molecule has 0 radical (unpaired) electrons. The number of hydrogen-bond donors (Lipinski definition) is 1. The summed E-state index contributed by atoms with van der Waals surface area (Å²) < 4.78 is 2.57. The quantitative estimate of drug-likeness (QED) is 0.428. The fraction of sp³-hybridized carbons (Fsp3) is 0.385. The first kappa shape index (κ1) is 21.5. The van der Waals surface area contributed by atoms with Gasteiger partial charge >= 0.3 is 0 Å². The SMILES string of the molecule is Cc1cc([C@@H]2[C@@H](c3ccccn3)NC(=S)N2c2ccc(Cl)cc2)c(C)n1C1CCCCC1. The third-order valence-electron chi connectivity index (χ3n) is 6.98. The number of halogens is 1. The second-order valence-electron chi connectivity index (χ2n) is 8.96. The standard InChI is InChI=1S/C26H29ClN4S/c1-17-16-22(18(2)30(17)20-8-4-3-5-9-20)25-24(23-10-6-7-15-28-23)29-26(32)31(25)21-13-11-19(27)12-14-21/h6-7,10-16,20,24-25H,3-5,8-9H2,1-2H3,(H,29,32)/t24-,25-/m1/s1. The number of rotatable bonds is 4. The Balaban J connectivity index is 1.62. The second kappa shape index (κ2) is 8.87. The van der Waals surface area contributed by atoms with Crippen LogP contribution in [0.5, 0.6) is 0 Å². The molecule has 0 bridgehead atoms. The van der Waals surface area contributed by atoms with Crippen LogP contribution >= 0.6 is 23.8 Å². The molecule has 1 aliphatic carbocycles. The van der Waals surface area contributed by atoms with Crippen LogP contribution in [0.25, 0.3) is 0 Å². The Morgan fingerprint density at radius 2 is 1.78 bits per heavy atom. The number of thiocarbonyl (C=S) groups is 1. The van der Waals surface area contributed by atoms with Gasteiger partial charge in [0.2, 0.25) is 0 Å². The van der Waals surface area contributed by atoms with Gasteiger partial charge in [0, 0.05) is 34.3 Å². The van der Waals surface area contributed by atoms with Crippen molar-refractivity contribution in [2.45, 2.75) is 64.1 Å². The lowest BCUT2D eigenvalue weighted by Gasteiger charge is -2.30. The lowest BCUT2D eigenvalue weighted by atomic mass is 9.94. The molecule has 0 unspecified atom stereocenters. The van der Waals surface area contributed by atoms with Crippen molar-refractivity contribution >= 4 is 34.6 Å². The van der Waals surface area contributed by atoms with Crippen molar-refractivity contribution in [2.75, 3.05) is 4.90 Å². The van der Waals surface area contributed by atoms with Gasteiger partial charge in [-0.05, 0) is 86.9 Å². The highest BCUT2D eigenvalue weighted by molar-refractivity contribution is 7.80. The molecule has 2 atom stereocenters. The zero-order chi connectivity index (χ0) is 22.2. The number of hydrogen-bond acceptors (Lipinski definition) is 2. The minimum absolute atomic E-state index is 0.0158. The lowest BCUT2D eigenvalue weighted by Crippen LogP contribution is -2.29. The van der Waals surface area contributed by atoms with Crippen LogP contribution in [-0.4, -0.2) is 14.7 Å². The van der Waals surface area contributed by atoms with E-state index in [9.17, 15) is 0 Å². The summed E-state index contributed by atoms with van der Waals surface area (Å²) in [5.74, 6) is 0. The Bertz CT molecular complexity index is 1100. The summed E-state index contributed by atoms with van der Waals surface area (Å²) in [6.45, 7) is 4.52. The largest absolute Gasteiger partial charge is 0.351 e. The highest BCUT2D eigenvalue weighted by Gasteiger charge is 2.42. The maximum atomic E-state index is 6.19. The van der Waals surface area contributed by atoms with Gasteiger partial charge in [0.1, 0.15) is 0 Å². The van der Waals surface area contributed by atoms with Crippen LogP contribution in [0.2, 0.25) is 5.02 Å². The molecular formula is C26H29ClN4S. The third kappa shape index (κ3) is 3.82. The summed E-state index contributed by atoms with van der Waals surface area (Å²) in [5.41, 5.74) is 6.02. The first-order chi connectivity index (χ1) is 15.5. The predicted octanol–water partition coefficient (Wildman–Crippen LogP) is 6.84. The van der Waals surface area contributed by atoms with Crippen molar-refractivity contribution in [3.05, 3.63) is 82.4 Å². The fourth-order valence-corrected chi connectivity index (χ4v) is 6.03. The van der Waals surface area contributed by atoms with Crippen LogP contribution in [0.1, 0.15) is 72.9 Å². The van der Waals surface area contributed by atoms with E-state index >= 15 is 0 Å². The van der Waals surface area contributed by atoms with Gasteiger partial charge in [-0.15, -0.1) is 0 Å². The summed E-state index contributed by atoms with van der Waals surface area (Å²) in [6, 6.07) is 17.0. The van der Waals surface area contributed by atoms with E-state index in [1.165, 1.54) is 49.1 Å². The Morgan fingerprint density at radius 1 is 1.03 bits per heavy atom. The van der Waals surface area contributed by atoms with E-state index in [1.807, 2.05) is 42.6 Å². The molecular weight excluding hydrogens is 436 g/mol. The zero-order valence-corrected chi connectivity index (χ0v) is 20.2. The molecule has 166 valence electrons. The molecule has 3 aromatic rings. The van der Waals surface area contributed by atoms with Gasteiger partial charge in [-0.2, -0.15) is 0 Å². The first-order valence-electron chi connectivity index (χ1n) is 11.5. The molecule has 2 fully saturated rings. The van der Waals surface area contributed by atoms with Gasteiger partial charge in [-0.1, -0.05) is 36.9 Å². The van der Waals surface area contributed by atoms with Crippen molar-refractivity contribution in [2.24, 2.45) is 0 Å². The molecule has 4 nitrogen and oxygen atoms in total. The van der Waals surface area contributed by atoms with Crippen LogP contribution < -0.4 is 10.2 Å². The van der Waals surface area contributed by atoms with E-state index in [-0.39, 0.29) is 12.1 Å². The number of aryl methyl sites for hydroxylation is 1. The summed E-state index contributed by atoms with van der Waals surface area (Å²) >= 11 is 12.1. The van der Waals surface area contributed by atoms with E-state index in [0.29, 0.717) is 6.04 Å². The van der Waals surface area contributed by atoms with Crippen LogP contribution in [-0.2, 0) is 0 Å². The highest BCUT2D eigenvalue weighted by Crippen LogP contribution is 2.44. The highest BCUT2D eigenvalue weighted by atomic mass is 35.5. The Labute approximate surface area is 200 Å².